The summed E-state index contributed by atoms with van der Waals surface area (Å²) in [5.74, 6) is 0. The number of hydrogen-bond acceptors (Lipinski definition) is 3. The Morgan fingerprint density at radius 3 is 2.88 bits per heavy atom. The molecule has 5 nitrogen and oxygen atoms in total. The van der Waals surface area contributed by atoms with Crippen molar-refractivity contribution in [3.63, 3.8) is 0 Å². The fraction of sp³-hybridized carbons (Fsp3) is 0.0833. The molecule has 3 aromatic rings. The third-order valence-corrected chi connectivity index (χ3v) is 2.57. The first kappa shape index (κ1) is 9.77. The minimum atomic E-state index is -0.134. The van der Waals surface area contributed by atoms with Gasteiger partial charge in [-0.25, -0.2) is 4.68 Å². The van der Waals surface area contributed by atoms with E-state index in [0.717, 1.165) is 5.56 Å². The summed E-state index contributed by atoms with van der Waals surface area (Å²) in [6, 6.07) is 11.3. The van der Waals surface area contributed by atoms with Gasteiger partial charge in [0, 0.05) is 6.07 Å². The maximum atomic E-state index is 11.8. The van der Waals surface area contributed by atoms with Gasteiger partial charge in [0.1, 0.15) is 5.52 Å². The fourth-order valence-electron chi connectivity index (χ4n) is 1.72. The summed E-state index contributed by atoms with van der Waals surface area (Å²) in [6.07, 6.45) is 1.61. The van der Waals surface area contributed by atoms with Crippen LogP contribution in [0.5, 0.6) is 0 Å². The molecule has 0 bridgehead atoms. The van der Waals surface area contributed by atoms with Crippen molar-refractivity contribution in [2.75, 3.05) is 0 Å². The average molecular weight is 226 g/mol. The molecule has 0 saturated carbocycles. The van der Waals surface area contributed by atoms with Crippen LogP contribution in [0.1, 0.15) is 5.56 Å². The summed E-state index contributed by atoms with van der Waals surface area (Å²) in [7, 11) is 0. The normalized spacial score (nSPS) is 10.8. The molecule has 0 aliphatic heterocycles. The minimum Gasteiger partial charge on any atom is -0.276 e. The average Bonchev–Trinajstić information content (AvgIpc) is 2.78. The molecule has 1 aromatic carbocycles. The van der Waals surface area contributed by atoms with E-state index in [2.05, 4.69) is 15.3 Å². The molecule has 0 atom stereocenters. The molecule has 1 N–H and O–H groups in total. The zero-order chi connectivity index (χ0) is 11.7. The van der Waals surface area contributed by atoms with Gasteiger partial charge >= 0.3 is 0 Å². The maximum absolute atomic E-state index is 11.8. The second-order valence-electron chi connectivity index (χ2n) is 3.79. The van der Waals surface area contributed by atoms with E-state index in [1.54, 1.807) is 6.20 Å². The molecule has 0 amide bonds. The van der Waals surface area contributed by atoms with Crippen LogP contribution in [-0.2, 0) is 6.54 Å². The third kappa shape index (κ3) is 1.82. The van der Waals surface area contributed by atoms with Crippen molar-refractivity contribution < 1.29 is 0 Å². The van der Waals surface area contributed by atoms with E-state index in [1.807, 2.05) is 30.3 Å². The van der Waals surface area contributed by atoms with Gasteiger partial charge in [-0.15, -0.1) is 0 Å². The van der Waals surface area contributed by atoms with Crippen molar-refractivity contribution in [2.24, 2.45) is 0 Å². The van der Waals surface area contributed by atoms with Crippen LogP contribution in [0, 0.1) is 0 Å². The highest BCUT2D eigenvalue weighted by atomic mass is 16.1. The van der Waals surface area contributed by atoms with E-state index in [1.165, 1.54) is 10.7 Å². The standard InChI is InChI=1S/C12H10N4O/c17-12-6-10-11(7-13-14-10)15-16(12)8-9-4-2-1-3-5-9/h1-7,14H,8H2. The van der Waals surface area contributed by atoms with Gasteiger partial charge < -0.3 is 0 Å². The molecule has 0 fully saturated rings. The Labute approximate surface area is 96.7 Å². The lowest BCUT2D eigenvalue weighted by Gasteiger charge is -2.03. The van der Waals surface area contributed by atoms with E-state index < -0.39 is 0 Å². The number of aromatic nitrogens is 4. The Kier molecular flexibility index (Phi) is 2.22. The lowest BCUT2D eigenvalue weighted by atomic mass is 10.2. The molecule has 0 saturated heterocycles. The first-order valence-corrected chi connectivity index (χ1v) is 5.28. The Balaban J connectivity index is 2.05. The predicted octanol–water partition coefficient (Wildman–Crippen LogP) is 1.17. The molecule has 0 spiro atoms. The lowest BCUT2D eigenvalue weighted by Crippen LogP contribution is -2.22. The van der Waals surface area contributed by atoms with Gasteiger partial charge in [-0.05, 0) is 5.56 Å². The first-order valence-electron chi connectivity index (χ1n) is 5.28. The number of fused-ring (bicyclic) bond motifs is 1. The van der Waals surface area contributed by atoms with Crippen molar-refractivity contribution in [1.29, 1.82) is 0 Å². The molecular weight excluding hydrogens is 216 g/mol. The Morgan fingerprint density at radius 2 is 2.06 bits per heavy atom. The van der Waals surface area contributed by atoms with Crippen LogP contribution in [-0.4, -0.2) is 20.0 Å². The second-order valence-corrected chi connectivity index (χ2v) is 3.79. The highest BCUT2D eigenvalue weighted by molar-refractivity contribution is 5.71. The van der Waals surface area contributed by atoms with Crippen molar-refractivity contribution in [1.82, 2.24) is 20.0 Å². The van der Waals surface area contributed by atoms with Gasteiger partial charge in [0.25, 0.3) is 5.56 Å². The molecule has 84 valence electrons. The van der Waals surface area contributed by atoms with Gasteiger partial charge in [0.2, 0.25) is 0 Å². The van der Waals surface area contributed by atoms with E-state index in [-0.39, 0.29) is 5.56 Å². The third-order valence-electron chi connectivity index (χ3n) is 2.57. The molecule has 3 rings (SSSR count). The number of benzene rings is 1. The lowest BCUT2D eigenvalue weighted by molar-refractivity contribution is 0.653. The number of H-pyrrole nitrogens is 1. The number of hydrogen-bond donors (Lipinski definition) is 1. The molecule has 0 aliphatic rings. The van der Waals surface area contributed by atoms with E-state index in [0.29, 0.717) is 17.6 Å². The molecule has 5 heteroatoms. The van der Waals surface area contributed by atoms with E-state index in [9.17, 15) is 4.79 Å². The Morgan fingerprint density at radius 1 is 1.24 bits per heavy atom. The van der Waals surface area contributed by atoms with Gasteiger partial charge in [0.15, 0.2) is 0 Å². The molecular formula is C12H10N4O. The molecule has 0 radical (unpaired) electrons. The van der Waals surface area contributed by atoms with Crippen LogP contribution in [0.3, 0.4) is 0 Å². The van der Waals surface area contributed by atoms with Crippen LogP contribution in [0.25, 0.3) is 11.0 Å². The summed E-state index contributed by atoms with van der Waals surface area (Å²) < 4.78 is 1.44. The molecule has 0 unspecified atom stereocenters. The van der Waals surface area contributed by atoms with Crippen molar-refractivity contribution >= 4 is 11.0 Å². The smallest absolute Gasteiger partial charge is 0.269 e. The predicted molar refractivity (Wildman–Crippen MR) is 63.7 cm³/mol. The quantitative estimate of drug-likeness (QED) is 0.713. The zero-order valence-corrected chi connectivity index (χ0v) is 9.00. The monoisotopic (exact) mass is 226 g/mol. The summed E-state index contributed by atoms with van der Waals surface area (Å²) in [4.78, 5) is 11.8. The maximum Gasteiger partial charge on any atom is 0.269 e. The van der Waals surface area contributed by atoms with Crippen LogP contribution in [0.4, 0.5) is 0 Å². The zero-order valence-electron chi connectivity index (χ0n) is 9.00. The summed E-state index contributed by atoms with van der Waals surface area (Å²) >= 11 is 0. The fourth-order valence-corrected chi connectivity index (χ4v) is 1.72. The van der Waals surface area contributed by atoms with E-state index >= 15 is 0 Å². The summed E-state index contributed by atoms with van der Waals surface area (Å²) in [5, 5.41) is 10.8. The highest BCUT2D eigenvalue weighted by Gasteiger charge is 2.03. The Bertz CT molecular complexity index is 699. The molecule has 0 aliphatic carbocycles. The minimum absolute atomic E-state index is 0.134. The van der Waals surface area contributed by atoms with Gasteiger partial charge in [-0.1, -0.05) is 30.3 Å². The van der Waals surface area contributed by atoms with Crippen LogP contribution in [0.2, 0.25) is 0 Å². The van der Waals surface area contributed by atoms with Gasteiger partial charge in [-0.3, -0.25) is 9.89 Å². The molecule has 2 aromatic heterocycles. The highest BCUT2D eigenvalue weighted by Crippen LogP contribution is 2.04. The number of nitrogens with zero attached hydrogens (tertiary/aromatic N) is 3. The topological polar surface area (TPSA) is 63.6 Å². The summed E-state index contributed by atoms with van der Waals surface area (Å²) in [5.41, 5.74) is 2.27. The van der Waals surface area contributed by atoms with Crippen LogP contribution in [0.15, 0.2) is 47.4 Å². The summed E-state index contributed by atoms with van der Waals surface area (Å²) in [6.45, 7) is 0.473. The van der Waals surface area contributed by atoms with Crippen molar-refractivity contribution in [2.45, 2.75) is 6.54 Å². The number of aromatic amines is 1. The molecule has 17 heavy (non-hydrogen) atoms. The second kappa shape index (κ2) is 3.86. The van der Waals surface area contributed by atoms with Crippen LogP contribution < -0.4 is 5.56 Å². The van der Waals surface area contributed by atoms with Crippen molar-refractivity contribution in [3.8, 4) is 0 Å². The number of rotatable bonds is 2. The van der Waals surface area contributed by atoms with E-state index in [4.69, 9.17) is 0 Å². The van der Waals surface area contributed by atoms with Gasteiger partial charge in [0.05, 0.1) is 18.3 Å². The first-order chi connectivity index (χ1) is 8.33. The largest absolute Gasteiger partial charge is 0.276 e. The number of nitrogens with one attached hydrogen (secondary N) is 1. The molecule has 2 heterocycles. The van der Waals surface area contributed by atoms with Crippen LogP contribution >= 0.6 is 0 Å². The van der Waals surface area contributed by atoms with Crippen molar-refractivity contribution in [3.05, 3.63) is 58.5 Å². The Hall–Kier alpha value is -2.43. The van der Waals surface area contributed by atoms with Gasteiger partial charge in [-0.2, -0.15) is 10.2 Å². The SMILES string of the molecule is O=c1cc2[nH]ncc2nn1Cc1ccccc1.